The van der Waals surface area contributed by atoms with Crippen LogP contribution >= 0.6 is 0 Å². The zero-order valence-corrected chi connectivity index (χ0v) is 17.6. The van der Waals surface area contributed by atoms with Gasteiger partial charge in [-0.05, 0) is 62.7 Å². The smallest absolute Gasteiger partial charge is 0.255 e. The molecule has 1 fully saturated rings. The number of carbonyl (C=O) groups excluding carboxylic acids is 1. The van der Waals surface area contributed by atoms with Gasteiger partial charge in [0.2, 0.25) is 12.3 Å². The van der Waals surface area contributed by atoms with Gasteiger partial charge in [-0.15, -0.1) is 10.2 Å². The van der Waals surface area contributed by atoms with Crippen molar-refractivity contribution in [3.8, 4) is 11.5 Å². The molecule has 0 radical (unpaired) electrons. The highest BCUT2D eigenvalue weighted by Crippen LogP contribution is 2.27. The van der Waals surface area contributed by atoms with Crippen LogP contribution in [-0.2, 0) is 0 Å². The zero-order valence-electron chi connectivity index (χ0n) is 17.6. The van der Waals surface area contributed by atoms with Gasteiger partial charge in [0, 0.05) is 54.7 Å². The molecule has 1 aliphatic rings. The van der Waals surface area contributed by atoms with Crippen LogP contribution in [0.15, 0.2) is 53.3 Å². The average molecular weight is 406 g/mol. The monoisotopic (exact) mass is 405 g/mol. The Hall–Kier alpha value is -3.19. The Morgan fingerprint density at radius 3 is 2.43 bits per heavy atom. The summed E-state index contributed by atoms with van der Waals surface area (Å²) in [5.41, 5.74) is 4.20. The minimum Gasteiger partial charge on any atom is -0.423 e. The van der Waals surface area contributed by atoms with E-state index in [1.54, 1.807) is 0 Å². The largest absolute Gasteiger partial charge is 0.423 e. The molecule has 3 aromatic rings. The van der Waals surface area contributed by atoms with E-state index in [0.717, 1.165) is 48.7 Å². The molecule has 1 N–H and O–H groups in total. The van der Waals surface area contributed by atoms with E-state index in [4.69, 9.17) is 4.42 Å². The van der Waals surface area contributed by atoms with Crippen molar-refractivity contribution in [2.24, 2.45) is 0 Å². The maximum absolute atomic E-state index is 12.8. The van der Waals surface area contributed by atoms with E-state index in [2.05, 4.69) is 39.2 Å². The maximum Gasteiger partial charge on any atom is 0.255 e. The average Bonchev–Trinajstić information content (AvgIpc) is 3.30. The molecule has 0 bridgehead atoms. The molecule has 2 aromatic carbocycles. The Kier molecular flexibility index (Phi) is 5.81. The highest BCUT2D eigenvalue weighted by Gasteiger charge is 2.19. The first kappa shape index (κ1) is 20.1. The molecule has 0 aliphatic carbocycles. The molecule has 4 rings (SSSR count). The van der Waals surface area contributed by atoms with E-state index in [1.807, 2.05) is 49.4 Å². The molecule has 0 spiro atoms. The lowest BCUT2D eigenvalue weighted by molar-refractivity contribution is 0.102. The van der Waals surface area contributed by atoms with E-state index in [-0.39, 0.29) is 5.91 Å². The van der Waals surface area contributed by atoms with Gasteiger partial charge < -0.3 is 14.6 Å². The van der Waals surface area contributed by atoms with Crippen LogP contribution in [0.3, 0.4) is 0 Å². The first-order valence-electron chi connectivity index (χ1n) is 10.3. The highest BCUT2D eigenvalue weighted by atomic mass is 16.4. The second-order valence-corrected chi connectivity index (χ2v) is 7.84. The summed E-state index contributed by atoms with van der Waals surface area (Å²) in [6.07, 6.45) is 1.30. The van der Waals surface area contributed by atoms with Crippen LogP contribution in [-0.4, -0.2) is 53.2 Å². The Bertz CT molecular complexity index is 991. The summed E-state index contributed by atoms with van der Waals surface area (Å²) in [6.45, 7) is 10.5. The van der Waals surface area contributed by atoms with E-state index in [9.17, 15) is 4.79 Å². The molecule has 2 heterocycles. The van der Waals surface area contributed by atoms with E-state index in [1.165, 1.54) is 6.39 Å². The van der Waals surface area contributed by atoms with Crippen LogP contribution in [0.2, 0.25) is 0 Å². The third-order valence-corrected chi connectivity index (χ3v) is 5.71. The number of benzene rings is 2. The summed E-state index contributed by atoms with van der Waals surface area (Å²) in [7, 11) is 0. The molecule has 1 aliphatic heterocycles. The van der Waals surface area contributed by atoms with E-state index < -0.39 is 0 Å². The van der Waals surface area contributed by atoms with E-state index >= 15 is 0 Å². The minimum atomic E-state index is -0.142. The molecular weight excluding hydrogens is 378 g/mol. The second-order valence-electron chi connectivity index (χ2n) is 7.84. The third-order valence-electron chi connectivity index (χ3n) is 5.71. The Labute approximate surface area is 176 Å². The van der Waals surface area contributed by atoms with Gasteiger partial charge in [-0.1, -0.05) is 6.07 Å². The van der Waals surface area contributed by atoms with Crippen molar-refractivity contribution >= 4 is 17.3 Å². The molecule has 156 valence electrons. The number of rotatable bonds is 5. The molecule has 1 aromatic heterocycles. The fraction of sp³-hybridized carbons (Fsp3) is 0.348. The first-order valence-corrected chi connectivity index (χ1v) is 10.3. The Morgan fingerprint density at radius 2 is 1.80 bits per heavy atom. The summed E-state index contributed by atoms with van der Waals surface area (Å²) >= 11 is 0. The molecule has 1 saturated heterocycles. The number of anilines is 2. The SMILES string of the molecule is Cc1c(NC(=O)c2ccc(N3CCN(C(C)C)CC3)cc2)cccc1-c1nnco1. The predicted molar refractivity (Wildman–Crippen MR) is 118 cm³/mol. The zero-order chi connectivity index (χ0) is 21.1. The number of piperazine rings is 1. The fourth-order valence-corrected chi connectivity index (χ4v) is 3.81. The summed E-state index contributed by atoms with van der Waals surface area (Å²) < 4.78 is 5.29. The van der Waals surface area contributed by atoms with E-state index in [0.29, 0.717) is 17.5 Å². The van der Waals surface area contributed by atoms with Gasteiger partial charge in [0.05, 0.1) is 0 Å². The van der Waals surface area contributed by atoms with Crippen molar-refractivity contribution in [1.82, 2.24) is 15.1 Å². The number of carbonyl (C=O) groups is 1. The van der Waals surface area contributed by atoms with Crippen LogP contribution in [0.5, 0.6) is 0 Å². The fourth-order valence-electron chi connectivity index (χ4n) is 3.81. The summed E-state index contributed by atoms with van der Waals surface area (Å²) in [6, 6.07) is 14.0. The first-order chi connectivity index (χ1) is 14.5. The molecule has 0 unspecified atom stereocenters. The number of hydrogen-bond acceptors (Lipinski definition) is 6. The van der Waals surface area contributed by atoms with Crippen LogP contribution in [0, 0.1) is 6.92 Å². The van der Waals surface area contributed by atoms with Crippen molar-refractivity contribution in [3.05, 3.63) is 60.0 Å². The van der Waals surface area contributed by atoms with Gasteiger partial charge in [0.1, 0.15) is 0 Å². The van der Waals surface area contributed by atoms with Crippen molar-refractivity contribution in [2.45, 2.75) is 26.8 Å². The third kappa shape index (κ3) is 4.21. The summed E-state index contributed by atoms with van der Waals surface area (Å²) in [4.78, 5) is 17.6. The molecule has 0 saturated carbocycles. The summed E-state index contributed by atoms with van der Waals surface area (Å²) in [5.74, 6) is 0.294. The van der Waals surface area contributed by atoms with Gasteiger partial charge in [0.25, 0.3) is 5.91 Å². The maximum atomic E-state index is 12.8. The number of nitrogens with one attached hydrogen (secondary N) is 1. The number of hydrogen-bond donors (Lipinski definition) is 1. The molecular formula is C23H27N5O2. The van der Waals surface area contributed by atoms with Crippen LogP contribution < -0.4 is 10.2 Å². The van der Waals surface area contributed by atoms with Crippen LogP contribution in [0.25, 0.3) is 11.5 Å². The van der Waals surface area contributed by atoms with Gasteiger partial charge in [-0.2, -0.15) is 0 Å². The lowest BCUT2D eigenvalue weighted by atomic mass is 10.1. The summed E-state index contributed by atoms with van der Waals surface area (Å²) in [5, 5.41) is 10.7. The second kappa shape index (κ2) is 8.67. The lowest BCUT2D eigenvalue weighted by Crippen LogP contribution is -2.48. The normalized spacial score (nSPS) is 14.9. The molecule has 1 amide bonds. The Balaban J connectivity index is 1.43. The molecule has 7 nitrogen and oxygen atoms in total. The van der Waals surface area contributed by atoms with Gasteiger partial charge >= 0.3 is 0 Å². The predicted octanol–water partition coefficient (Wildman–Crippen LogP) is 3.83. The molecule has 7 heteroatoms. The van der Waals surface area contributed by atoms with Crippen molar-refractivity contribution in [2.75, 3.05) is 36.4 Å². The van der Waals surface area contributed by atoms with Crippen molar-refractivity contribution in [3.63, 3.8) is 0 Å². The Morgan fingerprint density at radius 1 is 1.07 bits per heavy atom. The number of aromatic nitrogens is 2. The quantitative estimate of drug-likeness (QED) is 0.695. The van der Waals surface area contributed by atoms with Gasteiger partial charge in [-0.25, -0.2) is 0 Å². The topological polar surface area (TPSA) is 74.5 Å². The standard InChI is InChI=1S/C23H27N5O2/c1-16(2)27-11-13-28(14-12-27)19-9-7-18(8-10-19)22(29)25-21-6-4-5-20(17(21)3)23-26-24-15-30-23/h4-10,15-16H,11-14H2,1-3H3,(H,25,29). The number of amides is 1. The molecule has 0 atom stereocenters. The van der Waals surface area contributed by atoms with Crippen LogP contribution in [0.1, 0.15) is 29.8 Å². The number of nitrogens with zero attached hydrogens (tertiary/aromatic N) is 4. The van der Waals surface area contributed by atoms with Crippen molar-refractivity contribution in [1.29, 1.82) is 0 Å². The van der Waals surface area contributed by atoms with Gasteiger partial charge in [-0.3, -0.25) is 9.69 Å². The van der Waals surface area contributed by atoms with Crippen molar-refractivity contribution < 1.29 is 9.21 Å². The lowest BCUT2D eigenvalue weighted by Gasteiger charge is -2.38. The highest BCUT2D eigenvalue weighted by molar-refractivity contribution is 6.05. The van der Waals surface area contributed by atoms with Gasteiger partial charge in [0.15, 0.2) is 0 Å². The minimum absolute atomic E-state index is 0.142. The molecule has 30 heavy (non-hydrogen) atoms. The van der Waals surface area contributed by atoms with Crippen LogP contribution in [0.4, 0.5) is 11.4 Å².